The molecule has 0 amide bonds. The third-order valence-electron chi connectivity index (χ3n) is 6.16. The fourth-order valence-corrected chi connectivity index (χ4v) is 4.53. The molecule has 0 aromatic heterocycles. The molecule has 1 saturated heterocycles. The molecular formula is C22H32N2O. The summed E-state index contributed by atoms with van der Waals surface area (Å²) in [6.07, 6.45) is 15.6. The molecule has 0 N–H and O–H groups in total. The van der Waals surface area contributed by atoms with Crippen LogP contribution in [0.5, 0.6) is 5.75 Å². The van der Waals surface area contributed by atoms with Crippen LogP contribution in [0, 0.1) is 5.92 Å². The second kappa shape index (κ2) is 8.27. The zero-order valence-electron chi connectivity index (χ0n) is 15.4. The van der Waals surface area contributed by atoms with E-state index < -0.39 is 0 Å². The average molecular weight is 341 g/mol. The molecule has 1 aliphatic carbocycles. The highest BCUT2D eigenvalue weighted by molar-refractivity contribution is 5.52. The van der Waals surface area contributed by atoms with E-state index in [9.17, 15) is 0 Å². The van der Waals surface area contributed by atoms with Gasteiger partial charge in [0, 0.05) is 31.5 Å². The number of anilines is 1. The number of piperidine rings is 1. The van der Waals surface area contributed by atoms with Gasteiger partial charge in [0.2, 0.25) is 0 Å². The van der Waals surface area contributed by atoms with Crippen molar-refractivity contribution in [3.8, 4) is 5.75 Å². The van der Waals surface area contributed by atoms with Gasteiger partial charge in [0.25, 0.3) is 0 Å². The lowest BCUT2D eigenvalue weighted by Gasteiger charge is -2.32. The van der Waals surface area contributed by atoms with Crippen molar-refractivity contribution in [3.05, 3.63) is 36.5 Å². The number of benzene rings is 1. The lowest BCUT2D eigenvalue weighted by Crippen LogP contribution is -2.39. The molecule has 2 fully saturated rings. The van der Waals surface area contributed by atoms with E-state index in [1.54, 1.807) is 0 Å². The lowest BCUT2D eigenvalue weighted by molar-refractivity contribution is 0.0972. The first-order valence-electron chi connectivity index (χ1n) is 10.3. The van der Waals surface area contributed by atoms with E-state index in [0.717, 1.165) is 24.6 Å². The van der Waals surface area contributed by atoms with E-state index in [2.05, 4.69) is 46.3 Å². The number of hydrogen-bond acceptors (Lipinski definition) is 3. The highest BCUT2D eigenvalue weighted by Crippen LogP contribution is 2.28. The van der Waals surface area contributed by atoms with E-state index in [1.807, 2.05) is 0 Å². The van der Waals surface area contributed by atoms with Crippen LogP contribution in [0.4, 0.5) is 5.69 Å². The van der Waals surface area contributed by atoms with Gasteiger partial charge in [-0.15, -0.1) is 0 Å². The van der Waals surface area contributed by atoms with E-state index in [1.165, 1.54) is 70.3 Å². The number of nitrogens with zero attached hydrogens (tertiary/aromatic N) is 2. The van der Waals surface area contributed by atoms with Crippen LogP contribution >= 0.6 is 0 Å². The van der Waals surface area contributed by atoms with Crippen LogP contribution in [-0.4, -0.2) is 37.2 Å². The van der Waals surface area contributed by atoms with Gasteiger partial charge in [0.15, 0.2) is 0 Å². The molecular weight excluding hydrogens is 308 g/mol. The normalized spacial score (nSPS) is 22.8. The van der Waals surface area contributed by atoms with Crippen molar-refractivity contribution in [2.24, 2.45) is 5.92 Å². The smallest absolute Gasteiger partial charge is 0.119 e. The first-order valence-corrected chi connectivity index (χ1v) is 10.3. The standard InChI is InChI=1S/C22H32N2O/c1-2-6-19(5-1)11-16-23-17-12-22(13-18-23)25-21-9-7-20(8-10-21)24-14-3-4-15-24/h3,7-10,14,19,22H,1-2,4-6,11-13,15-18H2. The molecule has 0 radical (unpaired) electrons. The minimum atomic E-state index is 0.389. The Morgan fingerprint density at radius 3 is 2.36 bits per heavy atom. The summed E-state index contributed by atoms with van der Waals surface area (Å²) >= 11 is 0. The largest absolute Gasteiger partial charge is 0.490 e. The summed E-state index contributed by atoms with van der Waals surface area (Å²) in [5, 5.41) is 0. The van der Waals surface area contributed by atoms with Crippen LogP contribution in [0.2, 0.25) is 0 Å². The molecule has 3 nitrogen and oxygen atoms in total. The molecule has 1 saturated carbocycles. The minimum absolute atomic E-state index is 0.389. The van der Waals surface area contributed by atoms with E-state index in [-0.39, 0.29) is 0 Å². The second-order valence-corrected chi connectivity index (χ2v) is 7.96. The Kier molecular flexibility index (Phi) is 5.61. The Labute approximate surface area is 152 Å². The van der Waals surface area contributed by atoms with Crippen LogP contribution in [-0.2, 0) is 0 Å². The summed E-state index contributed by atoms with van der Waals surface area (Å²) < 4.78 is 6.24. The molecule has 3 aliphatic rings. The lowest BCUT2D eigenvalue weighted by atomic mass is 10.0. The molecule has 0 bridgehead atoms. The van der Waals surface area contributed by atoms with Crippen molar-refractivity contribution in [2.45, 2.75) is 57.5 Å². The molecule has 1 aromatic rings. The fraction of sp³-hybridized carbons (Fsp3) is 0.636. The number of ether oxygens (including phenoxy) is 1. The van der Waals surface area contributed by atoms with Gasteiger partial charge in [0.1, 0.15) is 11.9 Å². The molecule has 3 heteroatoms. The van der Waals surface area contributed by atoms with Crippen LogP contribution in [0.3, 0.4) is 0 Å². The Balaban J connectivity index is 1.19. The second-order valence-electron chi connectivity index (χ2n) is 7.96. The van der Waals surface area contributed by atoms with Crippen molar-refractivity contribution >= 4 is 5.69 Å². The summed E-state index contributed by atoms with van der Waals surface area (Å²) in [5.74, 6) is 2.04. The molecule has 2 heterocycles. The number of rotatable bonds is 6. The van der Waals surface area contributed by atoms with Gasteiger partial charge < -0.3 is 14.5 Å². The molecule has 4 rings (SSSR count). The number of likely N-dealkylation sites (tertiary alicyclic amines) is 1. The van der Waals surface area contributed by atoms with Crippen molar-refractivity contribution < 1.29 is 4.74 Å². The fourth-order valence-electron chi connectivity index (χ4n) is 4.53. The van der Waals surface area contributed by atoms with Crippen LogP contribution in [0.25, 0.3) is 0 Å². The average Bonchev–Trinajstić information content (AvgIpc) is 3.36. The highest BCUT2D eigenvalue weighted by atomic mass is 16.5. The first kappa shape index (κ1) is 17.0. The molecule has 1 aromatic carbocycles. The molecule has 25 heavy (non-hydrogen) atoms. The van der Waals surface area contributed by atoms with Gasteiger partial charge in [-0.05, 0) is 62.4 Å². The monoisotopic (exact) mass is 340 g/mol. The predicted molar refractivity (Wildman–Crippen MR) is 104 cm³/mol. The Morgan fingerprint density at radius 1 is 0.920 bits per heavy atom. The van der Waals surface area contributed by atoms with Gasteiger partial charge in [0.05, 0.1) is 0 Å². The summed E-state index contributed by atoms with van der Waals surface area (Å²) in [6.45, 7) is 4.80. The van der Waals surface area contributed by atoms with Crippen molar-refractivity contribution in [1.29, 1.82) is 0 Å². The summed E-state index contributed by atoms with van der Waals surface area (Å²) in [6, 6.07) is 8.63. The third-order valence-corrected chi connectivity index (χ3v) is 6.16. The molecule has 2 aliphatic heterocycles. The Bertz CT molecular complexity index is 554. The SMILES string of the molecule is C1=CN(c2ccc(OC3CCN(CCC4CCCC4)CC3)cc2)CC1. The van der Waals surface area contributed by atoms with E-state index >= 15 is 0 Å². The summed E-state index contributed by atoms with van der Waals surface area (Å²) in [7, 11) is 0. The van der Waals surface area contributed by atoms with Crippen molar-refractivity contribution in [1.82, 2.24) is 4.90 Å². The summed E-state index contributed by atoms with van der Waals surface area (Å²) in [5.41, 5.74) is 1.27. The maximum absolute atomic E-state index is 6.24. The number of hydrogen-bond donors (Lipinski definition) is 0. The quantitative estimate of drug-likeness (QED) is 0.737. The van der Waals surface area contributed by atoms with Gasteiger partial charge in [-0.25, -0.2) is 0 Å². The van der Waals surface area contributed by atoms with Gasteiger partial charge in [-0.2, -0.15) is 0 Å². The van der Waals surface area contributed by atoms with Gasteiger partial charge in [-0.1, -0.05) is 31.8 Å². The Morgan fingerprint density at radius 2 is 1.68 bits per heavy atom. The molecule has 0 spiro atoms. The van der Waals surface area contributed by atoms with Crippen LogP contribution in [0.15, 0.2) is 36.5 Å². The maximum atomic E-state index is 6.24. The van der Waals surface area contributed by atoms with Crippen LogP contribution < -0.4 is 9.64 Å². The third kappa shape index (κ3) is 4.58. The molecule has 0 unspecified atom stereocenters. The zero-order valence-corrected chi connectivity index (χ0v) is 15.4. The van der Waals surface area contributed by atoms with E-state index in [0.29, 0.717) is 6.10 Å². The van der Waals surface area contributed by atoms with Gasteiger partial charge >= 0.3 is 0 Å². The minimum Gasteiger partial charge on any atom is -0.490 e. The van der Waals surface area contributed by atoms with Crippen LogP contribution in [0.1, 0.15) is 51.4 Å². The maximum Gasteiger partial charge on any atom is 0.119 e. The summed E-state index contributed by atoms with van der Waals surface area (Å²) in [4.78, 5) is 4.95. The van der Waals surface area contributed by atoms with E-state index in [4.69, 9.17) is 4.74 Å². The van der Waals surface area contributed by atoms with Gasteiger partial charge in [-0.3, -0.25) is 0 Å². The molecule has 136 valence electrons. The zero-order chi connectivity index (χ0) is 16.9. The Hall–Kier alpha value is -1.48. The first-order chi connectivity index (χ1) is 12.4. The van der Waals surface area contributed by atoms with Crippen molar-refractivity contribution in [3.63, 3.8) is 0 Å². The predicted octanol–water partition coefficient (Wildman–Crippen LogP) is 4.83. The van der Waals surface area contributed by atoms with Crippen molar-refractivity contribution in [2.75, 3.05) is 31.1 Å². The molecule has 0 atom stereocenters. The topological polar surface area (TPSA) is 15.7 Å². The highest BCUT2D eigenvalue weighted by Gasteiger charge is 2.22.